The average Bonchev–Trinajstić information content (AvgIpc) is 2.66. The van der Waals surface area contributed by atoms with E-state index in [9.17, 15) is 0 Å². The number of ether oxygens (including phenoxy) is 1. The van der Waals surface area contributed by atoms with E-state index in [0.717, 1.165) is 34.2 Å². The van der Waals surface area contributed by atoms with E-state index in [1.807, 2.05) is 32.0 Å². The van der Waals surface area contributed by atoms with E-state index in [2.05, 4.69) is 9.97 Å². The van der Waals surface area contributed by atoms with Crippen molar-refractivity contribution in [1.29, 1.82) is 0 Å². The Kier molecular flexibility index (Phi) is 3.91. The van der Waals surface area contributed by atoms with Crippen LogP contribution in [0.2, 0.25) is 0 Å². The standard InChI is InChI=1S/C12H17N3OS/c1-8(2)16-5-6-17-12-14-10-4-3-9(13)7-11(10)15-12/h3-4,7-8H,5-6,13H2,1-2H3,(H,14,15). The number of anilines is 1. The number of rotatable bonds is 5. The van der Waals surface area contributed by atoms with E-state index < -0.39 is 0 Å². The molecule has 1 aromatic carbocycles. The Bertz CT molecular complexity index is 495. The predicted octanol–water partition coefficient (Wildman–Crippen LogP) is 2.66. The monoisotopic (exact) mass is 251 g/mol. The van der Waals surface area contributed by atoms with Crippen LogP contribution >= 0.6 is 11.8 Å². The van der Waals surface area contributed by atoms with E-state index in [-0.39, 0.29) is 6.10 Å². The first-order valence-electron chi connectivity index (χ1n) is 5.65. The van der Waals surface area contributed by atoms with Crippen molar-refractivity contribution in [3.05, 3.63) is 18.2 Å². The summed E-state index contributed by atoms with van der Waals surface area (Å²) in [6, 6.07) is 5.69. The third-order valence-electron chi connectivity index (χ3n) is 2.26. The van der Waals surface area contributed by atoms with E-state index in [1.54, 1.807) is 11.8 Å². The topological polar surface area (TPSA) is 63.9 Å². The van der Waals surface area contributed by atoms with Crippen LogP contribution in [0.1, 0.15) is 13.8 Å². The van der Waals surface area contributed by atoms with Gasteiger partial charge in [-0.3, -0.25) is 0 Å². The molecule has 0 aliphatic carbocycles. The third-order valence-corrected chi connectivity index (χ3v) is 3.10. The zero-order chi connectivity index (χ0) is 12.3. The summed E-state index contributed by atoms with van der Waals surface area (Å²) < 4.78 is 5.47. The number of aromatic nitrogens is 2. The second-order valence-electron chi connectivity index (χ2n) is 4.09. The maximum Gasteiger partial charge on any atom is 0.166 e. The lowest BCUT2D eigenvalue weighted by Crippen LogP contribution is -2.05. The number of aromatic amines is 1. The molecule has 0 aliphatic rings. The lowest BCUT2D eigenvalue weighted by molar-refractivity contribution is 0.0920. The normalized spacial score (nSPS) is 11.5. The van der Waals surface area contributed by atoms with Gasteiger partial charge in [0.1, 0.15) is 0 Å². The SMILES string of the molecule is CC(C)OCCSc1nc2ccc(N)cc2[nH]1. The van der Waals surface area contributed by atoms with Crippen LogP contribution in [0, 0.1) is 0 Å². The molecule has 5 heteroatoms. The fourth-order valence-electron chi connectivity index (χ4n) is 1.49. The highest BCUT2D eigenvalue weighted by molar-refractivity contribution is 7.99. The van der Waals surface area contributed by atoms with Crippen LogP contribution in [0.4, 0.5) is 5.69 Å². The Morgan fingerprint density at radius 2 is 2.29 bits per heavy atom. The number of hydrogen-bond donors (Lipinski definition) is 2. The van der Waals surface area contributed by atoms with Gasteiger partial charge in [0.25, 0.3) is 0 Å². The molecule has 0 saturated carbocycles. The van der Waals surface area contributed by atoms with Crippen LogP contribution in [0.15, 0.2) is 23.4 Å². The molecule has 1 aromatic heterocycles. The number of nitrogens with two attached hydrogens (primary N) is 1. The average molecular weight is 251 g/mol. The molecular formula is C12H17N3OS. The second-order valence-corrected chi connectivity index (χ2v) is 5.17. The van der Waals surface area contributed by atoms with Crippen molar-refractivity contribution in [3.8, 4) is 0 Å². The summed E-state index contributed by atoms with van der Waals surface area (Å²) >= 11 is 1.66. The van der Waals surface area contributed by atoms with Crippen molar-refractivity contribution in [2.24, 2.45) is 0 Å². The smallest absolute Gasteiger partial charge is 0.166 e. The minimum atomic E-state index is 0.283. The Morgan fingerprint density at radius 1 is 1.47 bits per heavy atom. The number of H-pyrrole nitrogens is 1. The van der Waals surface area contributed by atoms with Crippen LogP contribution in [0.25, 0.3) is 11.0 Å². The number of thioether (sulfide) groups is 1. The van der Waals surface area contributed by atoms with E-state index in [0.29, 0.717) is 0 Å². The maximum absolute atomic E-state index is 5.71. The minimum absolute atomic E-state index is 0.283. The van der Waals surface area contributed by atoms with Crippen LogP contribution in [-0.2, 0) is 4.74 Å². The van der Waals surface area contributed by atoms with Crippen LogP contribution in [-0.4, -0.2) is 28.4 Å². The molecule has 0 spiro atoms. The molecule has 1 heterocycles. The van der Waals surface area contributed by atoms with Gasteiger partial charge in [-0.2, -0.15) is 0 Å². The van der Waals surface area contributed by atoms with Crippen molar-refractivity contribution in [2.45, 2.75) is 25.1 Å². The molecule has 2 rings (SSSR count). The number of nitrogens with one attached hydrogen (secondary N) is 1. The lowest BCUT2D eigenvalue weighted by Gasteiger charge is -2.05. The summed E-state index contributed by atoms with van der Waals surface area (Å²) in [5.41, 5.74) is 8.40. The zero-order valence-corrected chi connectivity index (χ0v) is 10.9. The summed E-state index contributed by atoms with van der Waals surface area (Å²) in [5, 5.41) is 0.915. The first kappa shape index (κ1) is 12.3. The zero-order valence-electron chi connectivity index (χ0n) is 10.1. The fraction of sp³-hybridized carbons (Fsp3) is 0.417. The van der Waals surface area contributed by atoms with Gasteiger partial charge in [-0.05, 0) is 32.0 Å². The number of hydrogen-bond acceptors (Lipinski definition) is 4. The van der Waals surface area contributed by atoms with Crippen molar-refractivity contribution >= 4 is 28.5 Å². The van der Waals surface area contributed by atoms with Crippen LogP contribution in [0.3, 0.4) is 0 Å². The van der Waals surface area contributed by atoms with Gasteiger partial charge in [0.2, 0.25) is 0 Å². The number of imidazole rings is 1. The highest BCUT2D eigenvalue weighted by Crippen LogP contribution is 2.20. The Labute approximate surface area is 105 Å². The van der Waals surface area contributed by atoms with Crippen molar-refractivity contribution in [1.82, 2.24) is 9.97 Å². The van der Waals surface area contributed by atoms with Crippen molar-refractivity contribution in [2.75, 3.05) is 18.1 Å². The Morgan fingerprint density at radius 3 is 3.06 bits per heavy atom. The third kappa shape index (κ3) is 3.38. The largest absolute Gasteiger partial charge is 0.399 e. The van der Waals surface area contributed by atoms with E-state index in [1.165, 1.54) is 0 Å². The van der Waals surface area contributed by atoms with Gasteiger partial charge in [0, 0.05) is 11.4 Å². The molecule has 0 aliphatic heterocycles. The second kappa shape index (κ2) is 5.42. The lowest BCUT2D eigenvalue weighted by atomic mass is 10.3. The van der Waals surface area contributed by atoms with Gasteiger partial charge >= 0.3 is 0 Å². The van der Waals surface area contributed by atoms with Gasteiger partial charge in [-0.1, -0.05) is 11.8 Å². The molecular weight excluding hydrogens is 234 g/mol. The molecule has 0 saturated heterocycles. The van der Waals surface area contributed by atoms with Crippen molar-refractivity contribution in [3.63, 3.8) is 0 Å². The molecule has 0 fully saturated rings. The minimum Gasteiger partial charge on any atom is -0.399 e. The summed E-state index contributed by atoms with van der Waals surface area (Å²) in [4.78, 5) is 7.71. The highest BCUT2D eigenvalue weighted by Gasteiger charge is 2.03. The molecule has 4 nitrogen and oxygen atoms in total. The highest BCUT2D eigenvalue weighted by atomic mass is 32.2. The first-order chi connectivity index (χ1) is 8.15. The summed E-state index contributed by atoms with van der Waals surface area (Å²) in [7, 11) is 0. The van der Waals surface area contributed by atoms with Crippen LogP contribution < -0.4 is 5.73 Å². The molecule has 0 amide bonds. The molecule has 17 heavy (non-hydrogen) atoms. The molecule has 2 aromatic rings. The quantitative estimate of drug-likeness (QED) is 0.487. The first-order valence-corrected chi connectivity index (χ1v) is 6.63. The van der Waals surface area contributed by atoms with Gasteiger partial charge in [0.15, 0.2) is 5.16 Å². The van der Waals surface area contributed by atoms with Gasteiger partial charge in [0.05, 0.1) is 23.7 Å². The maximum atomic E-state index is 5.71. The van der Waals surface area contributed by atoms with E-state index >= 15 is 0 Å². The Balaban J connectivity index is 1.95. The fourth-order valence-corrected chi connectivity index (χ4v) is 2.21. The Hall–Kier alpha value is -1.20. The van der Waals surface area contributed by atoms with Gasteiger partial charge in [-0.15, -0.1) is 0 Å². The molecule has 0 atom stereocenters. The number of nitrogen functional groups attached to an aromatic ring is 1. The van der Waals surface area contributed by atoms with Crippen LogP contribution in [0.5, 0.6) is 0 Å². The summed E-state index contributed by atoms with van der Waals surface area (Å²) in [5.74, 6) is 0.896. The van der Waals surface area contributed by atoms with Crippen molar-refractivity contribution < 1.29 is 4.74 Å². The summed E-state index contributed by atoms with van der Waals surface area (Å²) in [6.07, 6.45) is 0.283. The molecule has 0 radical (unpaired) electrons. The molecule has 0 bridgehead atoms. The van der Waals surface area contributed by atoms with Gasteiger partial charge in [-0.25, -0.2) is 4.98 Å². The number of fused-ring (bicyclic) bond motifs is 1. The number of benzene rings is 1. The molecule has 3 N–H and O–H groups in total. The molecule has 92 valence electrons. The predicted molar refractivity (Wildman–Crippen MR) is 72.3 cm³/mol. The van der Waals surface area contributed by atoms with E-state index in [4.69, 9.17) is 10.5 Å². The number of nitrogens with zero attached hydrogens (tertiary/aromatic N) is 1. The van der Waals surface area contributed by atoms with Gasteiger partial charge < -0.3 is 15.5 Å². The molecule has 0 unspecified atom stereocenters. The summed E-state index contributed by atoms with van der Waals surface area (Å²) in [6.45, 7) is 4.81.